The maximum Gasteiger partial charge on any atom is 0.238 e. The molecule has 6 nitrogen and oxygen atoms in total. The Hall–Kier alpha value is -1.81. The van der Waals surface area contributed by atoms with Crippen LogP contribution in [0.25, 0.3) is 0 Å². The number of halogens is 3. The van der Waals surface area contributed by atoms with Crippen molar-refractivity contribution in [2.75, 3.05) is 13.2 Å². The van der Waals surface area contributed by atoms with Gasteiger partial charge in [-0.15, -0.1) is 12.4 Å². The zero-order valence-corrected chi connectivity index (χ0v) is 22.6. The molecule has 0 bridgehead atoms. The van der Waals surface area contributed by atoms with E-state index >= 15 is 0 Å². The smallest absolute Gasteiger partial charge is 0.238 e. The van der Waals surface area contributed by atoms with Crippen LogP contribution in [0.15, 0.2) is 70.0 Å². The van der Waals surface area contributed by atoms with Gasteiger partial charge in [0.25, 0.3) is 0 Å². The van der Waals surface area contributed by atoms with Crippen LogP contribution in [0, 0.1) is 0 Å². The van der Waals surface area contributed by atoms with E-state index in [1.807, 2.05) is 43.3 Å². The molecular weight excluding hydrogens is 563 g/mol. The van der Waals surface area contributed by atoms with E-state index in [2.05, 4.69) is 21.2 Å². The maximum absolute atomic E-state index is 11.3. The lowest BCUT2D eigenvalue weighted by Crippen LogP contribution is -2.17. The van der Waals surface area contributed by atoms with Crippen LogP contribution < -0.4 is 19.9 Å². The molecule has 3 rings (SSSR count). The molecule has 34 heavy (non-hydrogen) atoms. The van der Waals surface area contributed by atoms with Crippen molar-refractivity contribution in [2.45, 2.75) is 31.4 Å². The molecule has 3 N–H and O–H groups in total. The first-order valence-corrected chi connectivity index (χ1v) is 13.1. The van der Waals surface area contributed by atoms with Gasteiger partial charge in [-0.1, -0.05) is 35.9 Å². The number of benzene rings is 3. The van der Waals surface area contributed by atoms with Crippen molar-refractivity contribution in [3.8, 4) is 11.5 Å². The standard InChI is InChI=1S/C24H26BrClN2O4S.ClH/c1-2-31-23-14-19(13-22(25)24(23)32-16-18-3-7-20(26)8-4-18)15-28-12-11-17-5-9-21(10-6-17)33(27,29)30;/h3-10,13-14,28H,2,11-12,15-16H2,1H3,(H2,27,29,30);1H. The monoisotopic (exact) mass is 588 g/mol. The van der Waals surface area contributed by atoms with Crippen molar-refractivity contribution >= 4 is 50.0 Å². The van der Waals surface area contributed by atoms with E-state index in [-0.39, 0.29) is 17.3 Å². The molecule has 10 heteroatoms. The van der Waals surface area contributed by atoms with Gasteiger partial charge in [-0.3, -0.25) is 0 Å². The summed E-state index contributed by atoms with van der Waals surface area (Å²) in [5, 5.41) is 9.22. The van der Waals surface area contributed by atoms with Crippen LogP contribution in [0.1, 0.15) is 23.6 Å². The van der Waals surface area contributed by atoms with Gasteiger partial charge in [0.1, 0.15) is 6.61 Å². The lowest BCUT2D eigenvalue weighted by molar-refractivity contribution is 0.267. The molecule has 0 radical (unpaired) electrons. The van der Waals surface area contributed by atoms with Crippen LogP contribution in [0.4, 0.5) is 0 Å². The topological polar surface area (TPSA) is 90.6 Å². The van der Waals surface area contributed by atoms with Crippen LogP contribution in [0.5, 0.6) is 11.5 Å². The summed E-state index contributed by atoms with van der Waals surface area (Å²) in [4.78, 5) is 0.117. The third-order valence-corrected chi connectivity index (χ3v) is 6.61. The highest BCUT2D eigenvalue weighted by atomic mass is 79.9. The van der Waals surface area contributed by atoms with Gasteiger partial charge in [0.15, 0.2) is 11.5 Å². The van der Waals surface area contributed by atoms with Crippen molar-refractivity contribution < 1.29 is 17.9 Å². The second-order valence-corrected chi connectivity index (χ2v) is 10.2. The molecule has 0 aromatic heterocycles. The van der Waals surface area contributed by atoms with Crippen molar-refractivity contribution in [1.29, 1.82) is 0 Å². The first-order valence-electron chi connectivity index (χ1n) is 10.4. The molecule has 0 amide bonds. The summed E-state index contributed by atoms with van der Waals surface area (Å²) < 4.78 is 35.4. The zero-order valence-electron chi connectivity index (χ0n) is 18.6. The maximum atomic E-state index is 11.3. The Balaban J connectivity index is 0.00000408. The molecule has 0 spiro atoms. The predicted octanol–water partition coefficient (Wildman–Crippen LogP) is 5.48. The summed E-state index contributed by atoms with van der Waals surface area (Å²) in [5.41, 5.74) is 3.09. The minimum absolute atomic E-state index is 0. The Morgan fingerprint density at radius 1 is 0.971 bits per heavy atom. The van der Waals surface area contributed by atoms with E-state index in [4.69, 9.17) is 26.2 Å². The molecule has 0 atom stereocenters. The molecule has 0 aliphatic heterocycles. The van der Waals surface area contributed by atoms with Crippen LogP contribution in [0.3, 0.4) is 0 Å². The Morgan fingerprint density at radius 3 is 2.24 bits per heavy atom. The van der Waals surface area contributed by atoms with E-state index in [0.717, 1.165) is 34.1 Å². The second kappa shape index (κ2) is 13.3. The van der Waals surface area contributed by atoms with Gasteiger partial charge >= 0.3 is 0 Å². The minimum Gasteiger partial charge on any atom is -0.490 e. The van der Waals surface area contributed by atoms with Crippen molar-refractivity contribution in [3.63, 3.8) is 0 Å². The quantitative estimate of drug-likeness (QED) is 0.289. The zero-order chi connectivity index (χ0) is 23.8. The number of hydrogen-bond donors (Lipinski definition) is 2. The number of primary sulfonamides is 1. The van der Waals surface area contributed by atoms with Gasteiger partial charge in [-0.05, 0) is 88.9 Å². The average Bonchev–Trinajstić information content (AvgIpc) is 2.77. The van der Waals surface area contributed by atoms with E-state index < -0.39 is 10.0 Å². The molecule has 3 aromatic carbocycles. The minimum atomic E-state index is -3.67. The molecule has 184 valence electrons. The van der Waals surface area contributed by atoms with Gasteiger partial charge < -0.3 is 14.8 Å². The molecule has 0 aliphatic carbocycles. The molecule has 0 heterocycles. The molecule has 0 saturated carbocycles. The van der Waals surface area contributed by atoms with Gasteiger partial charge in [0.05, 0.1) is 16.0 Å². The second-order valence-electron chi connectivity index (χ2n) is 7.37. The molecule has 0 fully saturated rings. The number of nitrogens with one attached hydrogen (secondary N) is 1. The fourth-order valence-corrected chi connectivity index (χ4v) is 4.42. The number of sulfonamides is 1. The van der Waals surface area contributed by atoms with E-state index in [9.17, 15) is 8.42 Å². The first kappa shape index (κ1) is 28.4. The fraction of sp³-hybridized carbons (Fsp3) is 0.250. The largest absolute Gasteiger partial charge is 0.490 e. The molecule has 0 saturated heterocycles. The van der Waals surface area contributed by atoms with Crippen LogP contribution in [-0.2, 0) is 29.6 Å². The summed E-state index contributed by atoms with van der Waals surface area (Å²) in [6.07, 6.45) is 0.757. The summed E-state index contributed by atoms with van der Waals surface area (Å²) >= 11 is 9.56. The fourth-order valence-electron chi connectivity index (χ4n) is 3.17. The lowest BCUT2D eigenvalue weighted by atomic mass is 10.1. The van der Waals surface area contributed by atoms with Crippen LogP contribution in [-0.4, -0.2) is 21.6 Å². The normalized spacial score (nSPS) is 11.1. The number of nitrogens with two attached hydrogens (primary N) is 1. The highest BCUT2D eigenvalue weighted by Crippen LogP contribution is 2.37. The third kappa shape index (κ3) is 8.45. The first-order chi connectivity index (χ1) is 15.8. The predicted molar refractivity (Wildman–Crippen MR) is 142 cm³/mol. The Morgan fingerprint density at radius 2 is 1.62 bits per heavy atom. The van der Waals surface area contributed by atoms with Gasteiger partial charge in [0.2, 0.25) is 10.0 Å². The van der Waals surface area contributed by atoms with Crippen molar-refractivity contribution in [1.82, 2.24) is 5.32 Å². The van der Waals surface area contributed by atoms with Crippen LogP contribution in [0.2, 0.25) is 5.02 Å². The van der Waals surface area contributed by atoms with Crippen molar-refractivity contribution in [3.05, 3.63) is 86.8 Å². The molecule has 0 aliphatic rings. The Labute approximate surface area is 220 Å². The van der Waals surface area contributed by atoms with Crippen molar-refractivity contribution in [2.24, 2.45) is 5.14 Å². The third-order valence-electron chi connectivity index (χ3n) is 4.84. The lowest BCUT2D eigenvalue weighted by Gasteiger charge is -2.16. The summed E-state index contributed by atoms with van der Waals surface area (Å²) in [5.74, 6) is 1.33. The molecular formula is C24H27BrCl2N2O4S. The molecule has 3 aromatic rings. The summed E-state index contributed by atoms with van der Waals surface area (Å²) in [7, 11) is -3.67. The number of hydrogen-bond acceptors (Lipinski definition) is 5. The summed E-state index contributed by atoms with van der Waals surface area (Å²) in [6.45, 7) is 4.23. The van der Waals surface area contributed by atoms with Gasteiger partial charge in [-0.2, -0.15) is 0 Å². The highest BCUT2D eigenvalue weighted by Gasteiger charge is 2.13. The summed E-state index contributed by atoms with van der Waals surface area (Å²) in [6, 6.07) is 18.1. The number of ether oxygens (including phenoxy) is 2. The number of rotatable bonds is 11. The molecule has 0 unspecified atom stereocenters. The van der Waals surface area contributed by atoms with E-state index in [1.54, 1.807) is 12.1 Å². The van der Waals surface area contributed by atoms with Gasteiger partial charge in [-0.25, -0.2) is 13.6 Å². The van der Waals surface area contributed by atoms with Crippen LogP contribution >= 0.6 is 39.9 Å². The average molecular weight is 590 g/mol. The van der Waals surface area contributed by atoms with Gasteiger partial charge in [0, 0.05) is 11.6 Å². The van der Waals surface area contributed by atoms with E-state index in [1.165, 1.54) is 12.1 Å². The highest BCUT2D eigenvalue weighted by molar-refractivity contribution is 9.10. The SMILES string of the molecule is CCOc1cc(CNCCc2ccc(S(N)(=O)=O)cc2)cc(Br)c1OCc1ccc(Cl)cc1.Cl. The Bertz CT molecular complexity index is 1170. The Kier molecular flexibility index (Phi) is 11.1. The van der Waals surface area contributed by atoms with E-state index in [0.29, 0.717) is 36.3 Å².